The van der Waals surface area contributed by atoms with Gasteiger partial charge in [-0.1, -0.05) is 0 Å². The predicted octanol–water partition coefficient (Wildman–Crippen LogP) is 1.99. The first kappa shape index (κ1) is 11.6. The third kappa shape index (κ3) is 2.49. The Bertz CT molecular complexity index is 447. The minimum absolute atomic E-state index is 0.377. The number of amides is 1. The number of ether oxygens (including phenoxy) is 1. The standard InChI is InChI=1S/C13H19N3O2/c1-18-13(17)14-6-7-16-12(10-4-5-10)8-11(15-16)9-2-3-9/h8-10H,2-7H2,1H3,(H,14,17). The van der Waals surface area contributed by atoms with Crippen molar-refractivity contribution in [3.63, 3.8) is 0 Å². The van der Waals surface area contributed by atoms with Crippen molar-refractivity contribution in [2.45, 2.75) is 44.1 Å². The number of hydrogen-bond donors (Lipinski definition) is 1. The lowest BCUT2D eigenvalue weighted by Crippen LogP contribution is -2.27. The summed E-state index contributed by atoms with van der Waals surface area (Å²) in [6.07, 6.45) is 4.74. The molecule has 2 fully saturated rings. The van der Waals surface area contributed by atoms with Gasteiger partial charge in [0.2, 0.25) is 0 Å². The number of aromatic nitrogens is 2. The maximum absolute atomic E-state index is 11.0. The van der Waals surface area contributed by atoms with E-state index < -0.39 is 0 Å². The van der Waals surface area contributed by atoms with Gasteiger partial charge in [-0.2, -0.15) is 5.10 Å². The summed E-state index contributed by atoms with van der Waals surface area (Å²) in [7, 11) is 1.38. The molecule has 1 amide bonds. The minimum atomic E-state index is -0.377. The van der Waals surface area contributed by atoms with E-state index >= 15 is 0 Å². The summed E-state index contributed by atoms with van der Waals surface area (Å²) in [4.78, 5) is 11.0. The third-order valence-corrected chi connectivity index (χ3v) is 3.60. The molecular formula is C13H19N3O2. The second kappa shape index (κ2) is 4.63. The zero-order valence-corrected chi connectivity index (χ0v) is 10.7. The van der Waals surface area contributed by atoms with E-state index in [0.29, 0.717) is 18.4 Å². The molecule has 2 aliphatic rings. The van der Waals surface area contributed by atoms with Crippen LogP contribution in [-0.4, -0.2) is 29.5 Å². The van der Waals surface area contributed by atoms with Gasteiger partial charge < -0.3 is 10.1 Å². The molecule has 0 saturated heterocycles. The molecule has 1 aromatic rings. The van der Waals surface area contributed by atoms with Gasteiger partial charge in [-0.05, 0) is 31.7 Å². The van der Waals surface area contributed by atoms with E-state index in [1.54, 1.807) is 0 Å². The number of nitrogens with one attached hydrogen (secondary N) is 1. The van der Waals surface area contributed by atoms with Gasteiger partial charge in [0.15, 0.2) is 0 Å². The molecule has 5 nitrogen and oxygen atoms in total. The van der Waals surface area contributed by atoms with Crippen molar-refractivity contribution in [2.24, 2.45) is 0 Å². The highest BCUT2D eigenvalue weighted by atomic mass is 16.5. The molecule has 0 aliphatic heterocycles. The van der Waals surface area contributed by atoms with Crippen LogP contribution in [0.3, 0.4) is 0 Å². The average molecular weight is 249 g/mol. The number of nitrogens with zero attached hydrogens (tertiary/aromatic N) is 2. The first-order chi connectivity index (χ1) is 8.78. The molecule has 5 heteroatoms. The van der Waals surface area contributed by atoms with Crippen LogP contribution >= 0.6 is 0 Å². The minimum Gasteiger partial charge on any atom is -0.453 e. The van der Waals surface area contributed by atoms with Crippen LogP contribution in [0.1, 0.15) is 48.9 Å². The normalized spacial score (nSPS) is 18.7. The fourth-order valence-corrected chi connectivity index (χ4v) is 2.25. The summed E-state index contributed by atoms with van der Waals surface area (Å²) in [5, 5.41) is 7.38. The van der Waals surface area contributed by atoms with Gasteiger partial charge in [-0.3, -0.25) is 4.68 Å². The number of carbonyl (C=O) groups is 1. The molecule has 3 rings (SSSR count). The molecule has 0 aromatic carbocycles. The Labute approximate surface area is 107 Å². The van der Waals surface area contributed by atoms with Crippen LogP contribution < -0.4 is 5.32 Å². The molecule has 0 atom stereocenters. The van der Waals surface area contributed by atoms with Crippen molar-refractivity contribution in [3.05, 3.63) is 17.5 Å². The Morgan fingerprint density at radius 1 is 1.44 bits per heavy atom. The number of methoxy groups -OCH3 is 1. The molecule has 0 radical (unpaired) electrons. The molecule has 98 valence electrons. The quantitative estimate of drug-likeness (QED) is 0.868. The van der Waals surface area contributed by atoms with Gasteiger partial charge in [0.05, 0.1) is 19.3 Å². The van der Waals surface area contributed by atoms with E-state index in [4.69, 9.17) is 0 Å². The number of carbonyl (C=O) groups excluding carboxylic acids is 1. The fraction of sp³-hybridized carbons (Fsp3) is 0.692. The zero-order valence-electron chi connectivity index (χ0n) is 10.7. The maximum Gasteiger partial charge on any atom is 0.406 e. The van der Waals surface area contributed by atoms with Crippen molar-refractivity contribution in [3.8, 4) is 0 Å². The van der Waals surface area contributed by atoms with E-state index in [1.807, 2.05) is 0 Å². The second-order valence-electron chi connectivity index (χ2n) is 5.18. The van der Waals surface area contributed by atoms with Crippen molar-refractivity contribution < 1.29 is 9.53 Å². The summed E-state index contributed by atoms with van der Waals surface area (Å²) in [6, 6.07) is 2.27. The molecule has 1 heterocycles. The molecule has 0 bridgehead atoms. The van der Waals surface area contributed by atoms with E-state index in [0.717, 1.165) is 6.54 Å². The Balaban J connectivity index is 1.64. The van der Waals surface area contributed by atoms with Crippen LogP contribution in [0, 0.1) is 0 Å². The zero-order chi connectivity index (χ0) is 12.5. The average Bonchev–Trinajstić information content (AvgIpc) is 3.28. The van der Waals surface area contributed by atoms with Crippen molar-refractivity contribution in [2.75, 3.05) is 13.7 Å². The second-order valence-corrected chi connectivity index (χ2v) is 5.18. The van der Waals surface area contributed by atoms with Gasteiger partial charge in [-0.25, -0.2) is 4.79 Å². The predicted molar refractivity (Wildman–Crippen MR) is 66.6 cm³/mol. The lowest BCUT2D eigenvalue weighted by molar-refractivity contribution is 0.170. The monoisotopic (exact) mass is 249 g/mol. The summed E-state index contributed by atoms with van der Waals surface area (Å²) in [5.41, 5.74) is 2.60. The molecule has 18 heavy (non-hydrogen) atoms. The lowest BCUT2D eigenvalue weighted by Gasteiger charge is -2.07. The van der Waals surface area contributed by atoms with Crippen molar-refractivity contribution in [1.29, 1.82) is 0 Å². The maximum atomic E-state index is 11.0. The van der Waals surface area contributed by atoms with Crippen molar-refractivity contribution in [1.82, 2.24) is 15.1 Å². The summed E-state index contributed by atoms with van der Waals surface area (Å²) in [6.45, 7) is 1.30. The Morgan fingerprint density at radius 3 is 2.78 bits per heavy atom. The van der Waals surface area contributed by atoms with Crippen LogP contribution in [-0.2, 0) is 11.3 Å². The topological polar surface area (TPSA) is 56.1 Å². The number of alkyl carbamates (subject to hydrolysis) is 1. The van der Waals surface area contributed by atoms with Gasteiger partial charge in [0, 0.05) is 24.1 Å². The summed E-state index contributed by atoms with van der Waals surface area (Å²) >= 11 is 0. The largest absolute Gasteiger partial charge is 0.453 e. The lowest BCUT2D eigenvalue weighted by atomic mass is 10.2. The molecule has 0 unspecified atom stereocenters. The molecule has 1 aromatic heterocycles. The third-order valence-electron chi connectivity index (χ3n) is 3.60. The molecular weight excluding hydrogens is 230 g/mol. The number of hydrogen-bond acceptors (Lipinski definition) is 3. The van der Waals surface area contributed by atoms with Gasteiger partial charge in [0.1, 0.15) is 0 Å². The molecule has 0 spiro atoms. The van der Waals surface area contributed by atoms with Gasteiger partial charge in [-0.15, -0.1) is 0 Å². The highest BCUT2D eigenvalue weighted by Crippen LogP contribution is 2.44. The molecule has 2 saturated carbocycles. The summed E-state index contributed by atoms with van der Waals surface area (Å²) in [5.74, 6) is 1.39. The fourth-order valence-electron chi connectivity index (χ4n) is 2.25. The van der Waals surface area contributed by atoms with Crippen LogP contribution in [0.25, 0.3) is 0 Å². The van der Waals surface area contributed by atoms with Crippen LogP contribution in [0.15, 0.2) is 6.07 Å². The SMILES string of the molecule is COC(=O)NCCn1nc(C2CC2)cc1C1CC1. The first-order valence-corrected chi connectivity index (χ1v) is 6.67. The van der Waals surface area contributed by atoms with E-state index in [9.17, 15) is 4.79 Å². The molecule has 1 N–H and O–H groups in total. The van der Waals surface area contributed by atoms with Crippen LogP contribution in [0.4, 0.5) is 4.79 Å². The highest BCUT2D eigenvalue weighted by Gasteiger charge is 2.32. The smallest absolute Gasteiger partial charge is 0.406 e. The van der Waals surface area contributed by atoms with E-state index in [1.165, 1.54) is 44.2 Å². The van der Waals surface area contributed by atoms with E-state index in [-0.39, 0.29) is 6.09 Å². The van der Waals surface area contributed by atoms with Crippen LogP contribution in [0.5, 0.6) is 0 Å². The number of rotatable bonds is 5. The molecule has 2 aliphatic carbocycles. The Kier molecular flexibility index (Phi) is 2.97. The Hall–Kier alpha value is -1.52. The Morgan fingerprint density at radius 2 is 2.17 bits per heavy atom. The van der Waals surface area contributed by atoms with Crippen LogP contribution in [0.2, 0.25) is 0 Å². The highest BCUT2D eigenvalue weighted by molar-refractivity contribution is 5.66. The van der Waals surface area contributed by atoms with Gasteiger partial charge in [0.25, 0.3) is 0 Å². The van der Waals surface area contributed by atoms with E-state index in [2.05, 4.69) is 25.9 Å². The van der Waals surface area contributed by atoms with Crippen molar-refractivity contribution >= 4 is 6.09 Å². The summed E-state index contributed by atoms with van der Waals surface area (Å²) < 4.78 is 6.62. The van der Waals surface area contributed by atoms with Gasteiger partial charge >= 0.3 is 6.09 Å². The first-order valence-electron chi connectivity index (χ1n) is 6.67.